The Kier molecular flexibility index (Phi) is 2.62. The van der Waals surface area contributed by atoms with Crippen molar-refractivity contribution in [1.82, 2.24) is 0 Å². The van der Waals surface area contributed by atoms with E-state index in [2.05, 4.69) is 0 Å². The molecule has 0 aromatic rings. The van der Waals surface area contributed by atoms with E-state index in [1.165, 1.54) is 7.11 Å². The molecule has 0 bridgehead atoms. The summed E-state index contributed by atoms with van der Waals surface area (Å²) in [4.78, 5) is 11.0. The lowest BCUT2D eigenvalue weighted by atomic mass is 9.74. The lowest BCUT2D eigenvalue weighted by molar-refractivity contribution is -0.124. The molecule has 1 rings (SSSR count). The van der Waals surface area contributed by atoms with Crippen LogP contribution in [0.4, 0.5) is 0 Å². The minimum atomic E-state index is -0.185. The third kappa shape index (κ3) is 2.27. The Labute approximate surface area is 66.9 Å². The van der Waals surface area contributed by atoms with E-state index in [1.54, 1.807) is 0 Å². The standard InChI is InChI=1S/C8H15NO2/c1-11-6-7(10)5-8(9)3-2-4-8/h2-6,9H2,1H3. The normalized spacial score (nSPS) is 20.9. The van der Waals surface area contributed by atoms with E-state index in [-0.39, 0.29) is 17.9 Å². The molecule has 0 aliphatic heterocycles. The highest BCUT2D eigenvalue weighted by Gasteiger charge is 2.34. The molecule has 0 radical (unpaired) electrons. The highest BCUT2D eigenvalue weighted by molar-refractivity contribution is 5.80. The van der Waals surface area contributed by atoms with Crippen molar-refractivity contribution in [2.24, 2.45) is 5.73 Å². The largest absolute Gasteiger partial charge is 0.377 e. The Balaban J connectivity index is 2.23. The second-order valence-corrected chi connectivity index (χ2v) is 3.36. The van der Waals surface area contributed by atoms with Crippen molar-refractivity contribution in [1.29, 1.82) is 0 Å². The van der Waals surface area contributed by atoms with Crippen LogP contribution in [0.2, 0.25) is 0 Å². The third-order valence-electron chi connectivity index (χ3n) is 2.20. The summed E-state index contributed by atoms with van der Waals surface area (Å²) in [6.07, 6.45) is 3.63. The van der Waals surface area contributed by atoms with Gasteiger partial charge in [0.25, 0.3) is 0 Å². The van der Waals surface area contributed by atoms with Gasteiger partial charge >= 0.3 is 0 Å². The van der Waals surface area contributed by atoms with Crippen LogP contribution in [0.15, 0.2) is 0 Å². The first-order chi connectivity index (χ1) is 5.16. The average molecular weight is 157 g/mol. The summed E-state index contributed by atoms with van der Waals surface area (Å²) in [5.74, 6) is 0.120. The maximum atomic E-state index is 11.0. The molecule has 2 N–H and O–H groups in total. The highest BCUT2D eigenvalue weighted by atomic mass is 16.5. The first-order valence-electron chi connectivity index (χ1n) is 3.96. The van der Waals surface area contributed by atoms with Crippen molar-refractivity contribution in [2.45, 2.75) is 31.2 Å². The average Bonchev–Trinajstić information content (AvgIpc) is 1.85. The zero-order valence-electron chi connectivity index (χ0n) is 6.93. The van der Waals surface area contributed by atoms with Gasteiger partial charge in [-0.1, -0.05) is 0 Å². The van der Waals surface area contributed by atoms with E-state index < -0.39 is 0 Å². The Morgan fingerprint density at radius 3 is 2.64 bits per heavy atom. The Morgan fingerprint density at radius 2 is 2.27 bits per heavy atom. The molecule has 0 aromatic carbocycles. The van der Waals surface area contributed by atoms with Crippen LogP contribution in [0.25, 0.3) is 0 Å². The van der Waals surface area contributed by atoms with Crippen molar-refractivity contribution < 1.29 is 9.53 Å². The maximum absolute atomic E-state index is 11.0. The van der Waals surface area contributed by atoms with Gasteiger partial charge in [0.15, 0.2) is 5.78 Å². The fraction of sp³-hybridized carbons (Fsp3) is 0.875. The second-order valence-electron chi connectivity index (χ2n) is 3.36. The Bertz CT molecular complexity index is 152. The number of hydrogen-bond acceptors (Lipinski definition) is 3. The molecule has 64 valence electrons. The number of methoxy groups -OCH3 is 1. The second kappa shape index (κ2) is 3.32. The first kappa shape index (κ1) is 8.68. The molecule has 0 unspecified atom stereocenters. The number of hydrogen-bond donors (Lipinski definition) is 1. The molecular weight excluding hydrogens is 142 g/mol. The fourth-order valence-corrected chi connectivity index (χ4v) is 1.41. The predicted molar refractivity (Wildman–Crippen MR) is 42.3 cm³/mol. The zero-order valence-corrected chi connectivity index (χ0v) is 6.93. The van der Waals surface area contributed by atoms with Crippen molar-refractivity contribution >= 4 is 5.78 Å². The lowest BCUT2D eigenvalue weighted by Gasteiger charge is -2.37. The van der Waals surface area contributed by atoms with Crippen LogP contribution >= 0.6 is 0 Å². The molecule has 3 nitrogen and oxygen atoms in total. The van der Waals surface area contributed by atoms with E-state index in [1.807, 2.05) is 0 Å². The SMILES string of the molecule is COCC(=O)CC1(N)CCC1. The van der Waals surface area contributed by atoms with Crippen LogP contribution in [0.3, 0.4) is 0 Å². The molecule has 0 heterocycles. The quantitative estimate of drug-likeness (QED) is 0.645. The number of Topliss-reactive ketones (excluding diaryl/α,β-unsaturated/α-hetero) is 1. The molecule has 0 amide bonds. The molecule has 3 heteroatoms. The van der Waals surface area contributed by atoms with E-state index in [4.69, 9.17) is 10.5 Å². The number of ketones is 1. The number of carbonyl (C=O) groups excluding carboxylic acids is 1. The Morgan fingerprint density at radius 1 is 1.64 bits per heavy atom. The van der Waals surface area contributed by atoms with Crippen molar-refractivity contribution in [2.75, 3.05) is 13.7 Å². The fourth-order valence-electron chi connectivity index (χ4n) is 1.41. The monoisotopic (exact) mass is 157 g/mol. The molecule has 0 aromatic heterocycles. The topological polar surface area (TPSA) is 52.3 Å². The minimum Gasteiger partial charge on any atom is -0.377 e. The van der Waals surface area contributed by atoms with Crippen LogP contribution < -0.4 is 5.73 Å². The smallest absolute Gasteiger partial charge is 0.160 e. The molecule has 1 aliphatic carbocycles. The summed E-state index contributed by atoms with van der Waals surface area (Å²) >= 11 is 0. The Hall–Kier alpha value is -0.410. The van der Waals surface area contributed by atoms with E-state index in [0.717, 1.165) is 19.3 Å². The number of carbonyl (C=O) groups is 1. The van der Waals surface area contributed by atoms with Gasteiger partial charge < -0.3 is 10.5 Å². The lowest BCUT2D eigenvalue weighted by Crippen LogP contribution is -2.48. The molecule has 11 heavy (non-hydrogen) atoms. The summed E-state index contributed by atoms with van der Waals surface area (Å²) in [6, 6.07) is 0. The van der Waals surface area contributed by atoms with Crippen LogP contribution in [0.5, 0.6) is 0 Å². The van der Waals surface area contributed by atoms with Gasteiger partial charge in [0.05, 0.1) is 0 Å². The molecular formula is C8H15NO2. The van der Waals surface area contributed by atoms with Crippen LogP contribution in [-0.2, 0) is 9.53 Å². The first-order valence-corrected chi connectivity index (χ1v) is 3.96. The summed E-state index contributed by atoms with van der Waals surface area (Å²) in [5, 5.41) is 0. The van der Waals surface area contributed by atoms with Gasteiger partial charge in [-0.3, -0.25) is 4.79 Å². The molecule has 0 atom stereocenters. The summed E-state index contributed by atoms with van der Waals surface area (Å²) in [7, 11) is 1.53. The molecule has 0 saturated heterocycles. The van der Waals surface area contributed by atoms with Gasteiger partial charge in [0, 0.05) is 19.1 Å². The molecule has 1 saturated carbocycles. The van der Waals surface area contributed by atoms with Crippen molar-refractivity contribution in [3.8, 4) is 0 Å². The molecule has 0 spiro atoms. The van der Waals surface area contributed by atoms with Crippen molar-refractivity contribution in [3.63, 3.8) is 0 Å². The zero-order chi connectivity index (χ0) is 8.32. The summed E-state index contributed by atoms with van der Waals surface area (Å²) in [6.45, 7) is 0.207. The third-order valence-corrected chi connectivity index (χ3v) is 2.20. The molecule has 1 aliphatic rings. The van der Waals surface area contributed by atoms with Crippen molar-refractivity contribution in [3.05, 3.63) is 0 Å². The van der Waals surface area contributed by atoms with Gasteiger partial charge in [0.2, 0.25) is 0 Å². The predicted octanol–water partition coefficient (Wildman–Crippen LogP) is 0.473. The van der Waals surface area contributed by atoms with Crippen LogP contribution in [0, 0.1) is 0 Å². The van der Waals surface area contributed by atoms with Gasteiger partial charge in [0.1, 0.15) is 6.61 Å². The minimum absolute atomic E-state index is 0.120. The van der Waals surface area contributed by atoms with E-state index in [9.17, 15) is 4.79 Å². The van der Waals surface area contributed by atoms with Gasteiger partial charge in [-0.15, -0.1) is 0 Å². The summed E-state index contributed by atoms with van der Waals surface area (Å²) in [5.41, 5.74) is 5.67. The van der Waals surface area contributed by atoms with E-state index >= 15 is 0 Å². The maximum Gasteiger partial charge on any atom is 0.160 e. The number of ether oxygens (including phenoxy) is 1. The van der Waals surface area contributed by atoms with E-state index in [0.29, 0.717) is 6.42 Å². The highest BCUT2D eigenvalue weighted by Crippen LogP contribution is 2.32. The number of nitrogens with two attached hydrogens (primary N) is 1. The van der Waals surface area contributed by atoms with Crippen LogP contribution in [-0.4, -0.2) is 25.0 Å². The van der Waals surface area contributed by atoms with Gasteiger partial charge in [-0.2, -0.15) is 0 Å². The number of rotatable bonds is 4. The van der Waals surface area contributed by atoms with Gasteiger partial charge in [-0.05, 0) is 19.3 Å². The van der Waals surface area contributed by atoms with Gasteiger partial charge in [-0.25, -0.2) is 0 Å². The van der Waals surface area contributed by atoms with Crippen LogP contribution in [0.1, 0.15) is 25.7 Å². The summed E-state index contributed by atoms with van der Waals surface area (Å²) < 4.78 is 4.71. The molecule has 1 fully saturated rings.